The number of hydrogen-bond acceptors (Lipinski definition) is 6. The van der Waals surface area contributed by atoms with E-state index in [2.05, 4.69) is 0 Å². The van der Waals surface area contributed by atoms with Crippen LogP contribution >= 0.6 is 0 Å². The molecule has 1 heterocycles. The van der Waals surface area contributed by atoms with E-state index in [0.717, 1.165) is 5.56 Å². The second-order valence-corrected chi connectivity index (χ2v) is 10.0. The van der Waals surface area contributed by atoms with Crippen molar-refractivity contribution < 1.29 is 32.2 Å². The Morgan fingerprint density at radius 2 is 1.60 bits per heavy atom. The normalized spacial score (nSPS) is 16.0. The van der Waals surface area contributed by atoms with Crippen LogP contribution in [0.2, 0.25) is 0 Å². The molecule has 0 saturated carbocycles. The van der Waals surface area contributed by atoms with Gasteiger partial charge in [0.2, 0.25) is 9.84 Å². The van der Waals surface area contributed by atoms with E-state index in [1.54, 1.807) is 12.1 Å². The Balaban J connectivity index is 1.84. The fourth-order valence-electron chi connectivity index (χ4n) is 3.95. The van der Waals surface area contributed by atoms with E-state index in [-0.39, 0.29) is 17.0 Å². The van der Waals surface area contributed by atoms with Crippen LogP contribution in [0.15, 0.2) is 88.4 Å². The predicted molar refractivity (Wildman–Crippen MR) is 125 cm³/mol. The van der Waals surface area contributed by atoms with Crippen molar-refractivity contribution in [2.75, 3.05) is 7.11 Å². The molecule has 7 nitrogen and oxygen atoms in total. The molecule has 0 spiro atoms. The minimum Gasteiger partial charge on any atom is -0.502 e. The van der Waals surface area contributed by atoms with Gasteiger partial charge in [-0.15, -0.1) is 0 Å². The summed E-state index contributed by atoms with van der Waals surface area (Å²) in [5.41, 5.74) is 1.99. The molecule has 1 aliphatic heterocycles. The highest BCUT2D eigenvalue weighted by atomic mass is 32.2. The quantitative estimate of drug-likeness (QED) is 0.513. The van der Waals surface area contributed by atoms with E-state index < -0.39 is 44.2 Å². The molecular formula is C26H22FNO6S. The summed E-state index contributed by atoms with van der Waals surface area (Å²) in [7, 11) is -3.04. The lowest BCUT2D eigenvalue weighted by Crippen LogP contribution is -2.30. The molecule has 35 heavy (non-hydrogen) atoms. The Bertz CT molecular complexity index is 1410. The number of aliphatic hydroxyl groups is 1. The van der Waals surface area contributed by atoms with Crippen molar-refractivity contribution in [1.29, 1.82) is 0 Å². The van der Waals surface area contributed by atoms with Gasteiger partial charge in [0.25, 0.3) is 5.91 Å². The number of aliphatic hydroxyl groups excluding tert-OH is 1. The van der Waals surface area contributed by atoms with Crippen LogP contribution in [0.3, 0.4) is 0 Å². The van der Waals surface area contributed by atoms with Crippen molar-refractivity contribution in [3.8, 4) is 0 Å². The second-order valence-electron chi connectivity index (χ2n) is 8.10. The lowest BCUT2D eigenvalue weighted by Gasteiger charge is -2.27. The van der Waals surface area contributed by atoms with Gasteiger partial charge in [-0.3, -0.25) is 4.79 Å². The van der Waals surface area contributed by atoms with Gasteiger partial charge < -0.3 is 14.7 Å². The number of sulfone groups is 1. The number of halogens is 1. The van der Waals surface area contributed by atoms with Crippen LogP contribution in [0.4, 0.5) is 4.39 Å². The van der Waals surface area contributed by atoms with Gasteiger partial charge in [0.15, 0.2) is 5.76 Å². The molecule has 1 N–H and O–H groups in total. The third-order valence-electron chi connectivity index (χ3n) is 5.79. The summed E-state index contributed by atoms with van der Waals surface area (Å²) in [4.78, 5) is 25.7. The summed E-state index contributed by atoms with van der Waals surface area (Å²) >= 11 is 0. The van der Waals surface area contributed by atoms with Gasteiger partial charge in [-0.2, -0.15) is 0 Å². The van der Waals surface area contributed by atoms with E-state index in [0.29, 0.717) is 11.1 Å². The highest BCUT2D eigenvalue weighted by Crippen LogP contribution is 2.43. The average Bonchev–Trinajstić information content (AvgIpc) is 3.10. The highest BCUT2D eigenvalue weighted by molar-refractivity contribution is 7.95. The van der Waals surface area contributed by atoms with E-state index in [4.69, 9.17) is 4.74 Å². The standard InChI is InChI=1S/C26H22FNO6S/c1-16-3-13-21(14-4-16)35(32,33)24-22(18-7-9-19(10-8-18)26(31)34-2)28(25(30)23(24)29)15-17-5-11-20(27)12-6-17/h3-14,22,29H,15H2,1-2H3. The predicted octanol–water partition coefficient (Wildman–Crippen LogP) is 4.25. The lowest BCUT2D eigenvalue weighted by atomic mass is 10.0. The summed E-state index contributed by atoms with van der Waals surface area (Å²) in [6, 6.07) is 16.2. The fourth-order valence-corrected chi connectivity index (χ4v) is 5.60. The highest BCUT2D eigenvalue weighted by Gasteiger charge is 2.46. The van der Waals surface area contributed by atoms with E-state index in [1.165, 1.54) is 72.7 Å². The zero-order chi connectivity index (χ0) is 25.3. The molecule has 4 rings (SSSR count). The van der Waals surface area contributed by atoms with Crippen LogP contribution in [0.25, 0.3) is 0 Å². The number of methoxy groups -OCH3 is 1. The maximum atomic E-state index is 13.6. The van der Waals surface area contributed by atoms with Crippen molar-refractivity contribution in [3.63, 3.8) is 0 Å². The third-order valence-corrected chi connectivity index (χ3v) is 7.68. The zero-order valence-corrected chi connectivity index (χ0v) is 19.8. The largest absolute Gasteiger partial charge is 0.502 e. The van der Waals surface area contributed by atoms with Crippen LogP contribution in [-0.4, -0.2) is 37.4 Å². The van der Waals surface area contributed by atoms with Crippen molar-refractivity contribution in [3.05, 3.63) is 112 Å². The molecule has 3 aromatic rings. The van der Waals surface area contributed by atoms with Gasteiger partial charge in [0.1, 0.15) is 10.7 Å². The maximum absolute atomic E-state index is 13.6. The van der Waals surface area contributed by atoms with Crippen LogP contribution in [-0.2, 0) is 25.9 Å². The number of carbonyl (C=O) groups is 2. The number of ether oxygens (including phenoxy) is 1. The second kappa shape index (κ2) is 9.34. The monoisotopic (exact) mass is 495 g/mol. The Morgan fingerprint density at radius 3 is 2.17 bits per heavy atom. The molecule has 9 heteroatoms. The summed E-state index contributed by atoms with van der Waals surface area (Å²) < 4.78 is 45.4. The van der Waals surface area contributed by atoms with Gasteiger partial charge >= 0.3 is 5.97 Å². The number of rotatable bonds is 6. The van der Waals surface area contributed by atoms with Gasteiger partial charge in [-0.05, 0) is 54.4 Å². The van der Waals surface area contributed by atoms with Gasteiger partial charge in [-0.25, -0.2) is 17.6 Å². The molecule has 180 valence electrons. The van der Waals surface area contributed by atoms with E-state index in [9.17, 15) is 27.5 Å². The first kappa shape index (κ1) is 24.2. The fraction of sp³-hybridized carbons (Fsp3) is 0.154. The first-order valence-corrected chi connectivity index (χ1v) is 12.1. The molecular weight excluding hydrogens is 473 g/mol. The number of esters is 1. The molecule has 1 amide bonds. The van der Waals surface area contributed by atoms with Crippen LogP contribution in [0.5, 0.6) is 0 Å². The molecule has 0 aromatic heterocycles. The van der Waals surface area contributed by atoms with Crippen molar-refractivity contribution >= 4 is 21.7 Å². The zero-order valence-electron chi connectivity index (χ0n) is 18.9. The van der Waals surface area contributed by atoms with Crippen LogP contribution in [0, 0.1) is 12.7 Å². The molecule has 0 bridgehead atoms. The summed E-state index contributed by atoms with van der Waals surface area (Å²) in [6.07, 6.45) is 0. The number of carbonyl (C=O) groups excluding carboxylic acids is 2. The number of aryl methyl sites for hydroxylation is 1. The Kier molecular flexibility index (Phi) is 6.45. The Hall–Kier alpha value is -3.98. The van der Waals surface area contributed by atoms with Crippen LogP contribution in [0.1, 0.15) is 33.1 Å². The smallest absolute Gasteiger partial charge is 0.337 e. The minimum atomic E-state index is -4.28. The lowest BCUT2D eigenvalue weighted by molar-refractivity contribution is -0.130. The summed E-state index contributed by atoms with van der Waals surface area (Å²) in [5.74, 6) is -2.79. The molecule has 1 aliphatic rings. The van der Waals surface area contributed by atoms with Crippen LogP contribution < -0.4 is 0 Å². The number of amides is 1. The third kappa shape index (κ3) is 4.54. The molecule has 0 saturated heterocycles. The first-order chi connectivity index (χ1) is 16.6. The van der Waals surface area contributed by atoms with Gasteiger partial charge in [0, 0.05) is 6.54 Å². The first-order valence-electron chi connectivity index (χ1n) is 10.6. The number of hydrogen-bond donors (Lipinski definition) is 1. The Labute approximate surface area is 202 Å². The van der Waals surface area contributed by atoms with E-state index >= 15 is 0 Å². The average molecular weight is 496 g/mol. The minimum absolute atomic E-state index is 0.0720. The van der Waals surface area contributed by atoms with Gasteiger partial charge in [0.05, 0.1) is 23.6 Å². The van der Waals surface area contributed by atoms with Crippen molar-refractivity contribution in [2.45, 2.75) is 24.4 Å². The molecule has 0 aliphatic carbocycles. The number of nitrogens with zero attached hydrogens (tertiary/aromatic N) is 1. The van der Waals surface area contributed by atoms with Crippen molar-refractivity contribution in [2.24, 2.45) is 0 Å². The Morgan fingerprint density at radius 1 is 1.00 bits per heavy atom. The van der Waals surface area contributed by atoms with E-state index in [1.807, 2.05) is 6.92 Å². The topological polar surface area (TPSA) is 101 Å². The molecule has 0 fully saturated rings. The van der Waals surface area contributed by atoms with Gasteiger partial charge in [-0.1, -0.05) is 42.0 Å². The molecule has 1 unspecified atom stereocenters. The van der Waals surface area contributed by atoms with Crippen molar-refractivity contribution in [1.82, 2.24) is 4.90 Å². The molecule has 1 atom stereocenters. The molecule has 0 radical (unpaired) electrons. The summed E-state index contributed by atoms with van der Waals surface area (Å²) in [6.45, 7) is 1.72. The SMILES string of the molecule is COC(=O)c1ccc(C2C(S(=O)(=O)c3ccc(C)cc3)=C(O)C(=O)N2Cc2ccc(F)cc2)cc1. The maximum Gasteiger partial charge on any atom is 0.337 e. The number of benzene rings is 3. The molecule has 3 aromatic carbocycles. The summed E-state index contributed by atoms with van der Waals surface area (Å²) in [5, 5.41) is 10.8.